The molecule has 188 valence electrons. The van der Waals surface area contributed by atoms with Gasteiger partial charge in [0.15, 0.2) is 11.6 Å². The van der Waals surface area contributed by atoms with Crippen molar-refractivity contribution < 1.29 is 23.5 Å². The van der Waals surface area contributed by atoms with E-state index in [0.717, 1.165) is 11.8 Å². The maximum Gasteiger partial charge on any atom is 0.410 e. The van der Waals surface area contributed by atoms with E-state index in [1.54, 1.807) is 60.8 Å². The van der Waals surface area contributed by atoms with Crippen molar-refractivity contribution in [2.45, 2.75) is 57.7 Å². The minimum Gasteiger partial charge on any atom is -0.444 e. The first-order valence-electron chi connectivity index (χ1n) is 11.6. The number of hydrogen-bond donors (Lipinski definition) is 0. The maximum atomic E-state index is 13.8. The highest BCUT2D eigenvalue weighted by Gasteiger charge is 2.53. The second kappa shape index (κ2) is 8.94. The van der Waals surface area contributed by atoms with Crippen molar-refractivity contribution in [3.8, 4) is 5.82 Å². The number of likely N-dealkylation sites (N-methyl/N-ethyl adjacent to an activating group) is 1. The van der Waals surface area contributed by atoms with Crippen molar-refractivity contribution in [3.63, 3.8) is 0 Å². The molecule has 2 aliphatic heterocycles. The van der Waals surface area contributed by atoms with Crippen molar-refractivity contribution in [1.29, 1.82) is 0 Å². The Morgan fingerprint density at radius 3 is 2.40 bits per heavy atom. The molecule has 0 saturated carbocycles. The molecule has 1 atom stereocenters. The Balaban J connectivity index is 1.51. The summed E-state index contributed by atoms with van der Waals surface area (Å²) in [6, 6.07) is 3.08. The Morgan fingerprint density at radius 1 is 1.17 bits per heavy atom. The van der Waals surface area contributed by atoms with Gasteiger partial charge in [-0.3, -0.25) is 9.59 Å². The van der Waals surface area contributed by atoms with E-state index < -0.39 is 29.1 Å². The molecule has 2 aliphatic rings. The molecule has 0 bridgehead atoms. The summed E-state index contributed by atoms with van der Waals surface area (Å²) in [4.78, 5) is 48.3. The minimum absolute atomic E-state index is 0.0415. The summed E-state index contributed by atoms with van der Waals surface area (Å²) in [6.07, 6.45) is 4.17. The summed E-state index contributed by atoms with van der Waals surface area (Å²) in [5.74, 6) is -0.321. The number of carbonyl (C=O) groups is 3. The highest BCUT2D eigenvalue weighted by Crippen LogP contribution is 2.37. The van der Waals surface area contributed by atoms with Crippen LogP contribution in [0.15, 0.2) is 30.7 Å². The second-order valence-corrected chi connectivity index (χ2v) is 10.1. The van der Waals surface area contributed by atoms with Gasteiger partial charge >= 0.3 is 6.09 Å². The molecule has 2 saturated heterocycles. The van der Waals surface area contributed by atoms with Gasteiger partial charge in [-0.25, -0.2) is 18.9 Å². The Kier molecular flexibility index (Phi) is 6.29. The van der Waals surface area contributed by atoms with E-state index in [2.05, 4.69) is 10.1 Å². The molecule has 0 aromatic carbocycles. The van der Waals surface area contributed by atoms with Crippen molar-refractivity contribution in [1.82, 2.24) is 29.5 Å². The predicted octanol–water partition coefficient (Wildman–Crippen LogP) is 2.54. The smallest absolute Gasteiger partial charge is 0.410 e. The SMILES string of the molecule is C[C@@H](c1ccc(-n2cc(F)cn2)nc1)N1CC(=O)N(C)C2(CCN(C(=O)OC(C)(C)C)CC2)C1=O. The van der Waals surface area contributed by atoms with E-state index in [9.17, 15) is 18.8 Å². The van der Waals surface area contributed by atoms with Crippen LogP contribution in [-0.2, 0) is 14.3 Å². The Bertz CT molecular complexity index is 1120. The molecule has 2 fully saturated rings. The number of aromatic nitrogens is 3. The Morgan fingerprint density at radius 2 is 1.86 bits per heavy atom. The van der Waals surface area contributed by atoms with Gasteiger partial charge in [0.1, 0.15) is 17.7 Å². The van der Waals surface area contributed by atoms with Crippen LogP contribution in [0.3, 0.4) is 0 Å². The average Bonchev–Trinajstić information content (AvgIpc) is 3.25. The molecule has 35 heavy (non-hydrogen) atoms. The van der Waals surface area contributed by atoms with Crippen LogP contribution in [0.2, 0.25) is 0 Å². The fraction of sp³-hybridized carbons (Fsp3) is 0.542. The minimum atomic E-state index is -1.01. The number of piperazine rings is 1. The number of hydrogen-bond acceptors (Lipinski definition) is 6. The van der Waals surface area contributed by atoms with Gasteiger partial charge in [0, 0.05) is 26.3 Å². The number of carbonyl (C=O) groups excluding carboxylic acids is 3. The van der Waals surface area contributed by atoms with Crippen LogP contribution in [0.4, 0.5) is 9.18 Å². The molecule has 2 aromatic rings. The van der Waals surface area contributed by atoms with Gasteiger partial charge in [-0.1, -0.05) is 6.07 Å². The molecular weight excluding hydrogens is 455 g/mol. The average molecular weight is 487 g/mol. The highest BCUT2D eigenvalue weighted by atomic mass is 19.1. The number of likely N-dealkylation sites (tertiary alicyclic amines) is 1. The lowest BCUT2D eigenvalue weighted by Gasteiger charge is -2.52. The third-order valence-corrected chi connectivity index (χ3v) is 6.73. The van der Waals surface area contributed by atoms with E-state index in [4.69, 9.17) is 4.74 Å². The topological polar surface area (TPSA) is 101 Å². The van der Waals surface area contributed by atoms with Crippen LogP contribution < -0.4 is 0 Å². The molecule has 10 nitrogen and oxygen atoms in total. The number of piperidine rings is 1. The molecule has 2 aromatic heterocycles. The summed E-state index contributed by atoms with van der Waals surface area (Å²) in [6.45, 7) is 7.86. The zero-order valence-electron chi connectivity index (χ0n) is 20.7. The van der Waals surface area contributed by atoms with E-state index in [0.29, 0.717) is 31.7 Å². The third-order valence-electron chi connectivity index (χ3n) is 6.73. The lowest BCUT2D eigenvalue weighted by atomic mass is 9.82. The number of ether oxygens (including phenoxy) is 1. The number of amides is 3. The molecule has 4 rings (SSSR count). The molecule has 0 aliphatic carbocycles. The zero-order chi connectivity index (χ0) is 25.5. The van der Waals surface area contributed by atoms with Crippen molar-refractivity contribution in [3.05, 3.63) is 42.1 Å². The third kappa shape index (κ3) is 4.71. The molecule has 0 unspecified atom stereocenters. The van der Waals surface area contributed by atoms with Gasteiger partial charge in [-0.2, -0.15) is 5.10 Å². The largest absolute Gasteiger partial charge is 0.444 e. The summed E-state index contributed by atoms with van der Waals surface area (Å²) < 4.78 is 20.1. The van der Waals surface area contributed by atoms with Gasteiger partial charge in [-0.05, 0) is 52.2 Å². The van der Waals surface area contributed by atoms with Crippen LogP contribution in [0.5, 0.6) is 0 Å². The van der Waals surface area contributed by atoms with Gasteiger partial charge in [-0.15, -0.1) is 0 Å². The van der Waals surface area contributed by atoms with E-state index in [1.807, 2.05) is 6.92 Å². The number of rotatable bonds is 3. The molecule has 0 N–H and O–H groups in total. The molecule has 1 spiro atoms. The summed E-state index contributed by atoms with van der Waals surface area (Å²) in [5, 5.41) is 3.90. The number of halogens is 1. The van der Waals surface area contributed by atoms with Crippen LogP contribution in [-0.4, -0.2) is 85.2 Å². The fourth-order valence-corrected chi connectivity index (χ4v) is 4.61. The second-order valence-electron chi connectivity index (χ2n) is 10.1. The summed E-state index contributed by atoms with van der Waals surface area (Å²) in [7, 11) is 1.66. The Labute approximate surface area is 203 Å². The molecule has 0 radical (unpaired) electrons. The molecule has 4 heterocycles. The lowest BCUT2D eigenvalue weighted by molar-refractivity contribution is -0.168. The molecular formula is C24H31FN6O4. The highest BCUT2D eigenvalue weighted by molar-refractivity contribution is 5.98. The summed E-state index contributed by atoms with van der Waals surface area (Å²) in [5.41, 5.74) is -0.878. The number of pyridine rings is 1. The zero-order valence-corrected chi connectivity index (χ0v) is 20.7. The van der Waals surface area contributed by atoms with E-state index >= 15 is 0 Å². The van der Waals surface area contributed by atoms with Gasteiger partial charge in [0.2, 0.25) is 11.8 Å². The lowest BCUT2D eigenvalue weighted by Crippen LogP contribution is -2.70. The standard InChI is InChI=1S/C24H31FN6O4/c1-16(17-6-7-19(26-12-17)31-14-18(25)13-27-31)30-15-20(32)28(5)24(21(30)33)8-10-29(11-9-24)22(34)35-23(2,3)4/h6-7,12-14,16H,8-11,15H2,1-5H3/t16-/m0/s1. The van der Waals surface area contributed by atoms with Crippen molar-refractivity contribution >= 4 is 17.9 Å². The quantitative estimate of drug-likeness (QED) is 0.661. The van der Waals surface area contributed by atoms with Gasteiger partial charge < -0.3 is 19.4 Å². The van der Waals surface area contributed by atoms with Gasteiger partial charge in [0.25, 0.3) is 0 Å². The van der Waals surface area contributed by atoms with Gasteiger partial charge in [0.05, 0.1) is 18.4 Å². The molecule has 3 amide bonds. The van der Waals surface area contributed by atoms with Crippen LogP contribution >= 0.6 is 0 Å². The Hall–Kier alpha value is -3.50. The van der Waals surface area contributed by atoms with E-state index in [1.165, 1.54) is 10.9 Å². The monoisotopic (exact) mass is 486 g/mol. The first-order valence-corrected chi connectivity index (χ1v) is 11.6. The van der Waals surface area contributed by atoms with Crippen LogP contribution in [0.25, 0.3) is 5.82 Å². The normalized spacial score (nSPS) is 19.3. The van der Waals surface area contributed by atoms with E-state index in [-0.39, 0.29) is 18.4 Å². The molecule has 11 heteroatoms. The van der Waals surface area contributed by atoms with Crippen molar-refractivity contribution in [2.75, 3.05) is 26.7 Å². The maximum absolute atomic E-state index is 13.8. The van der Waals surface area contributed by atoms with Crippen LogP contribution in [0, 0.1) is 5.82 Å². The number of nitrogens with zero attached hydrogens (tertiary/aromatic N) is 6. The predicted molar refractivity (Wildman–Crippen MR) is 124 cm³/mol. The van der Waals surface area contributed by atoms with Crippen LogP contribution in [0.1, 0.15) is 52.1 Å². The first-order chi connectivity index (χ1) is 16.4. The first kappa shape index (κ1) is 24.6. The fourth-order valence-electron chi connectivity index (χ4n) is 4.61. The van der Waals surface area contributed by atoms with Crippen molar-refractivity contribution in [2.24, 2.45) is 0 Å². The summed E-state index contributed by atoms with van der Waals surface area (Å²) >= 11 is 0.